The van der Waals surface area contributed by atoms with Crippen molar-refractivity contribution >= 4 is 16.7 Å². The molecule has 0 atom stereocenters. The number of benzene rings is 2. The van der Waals surface area contributed by atoms with Crippen LogP contribution >= 0.6 is 0 Å². The fourth-order valence-corrected chi connectivity index (χ4v) is 4.20. The first kappa shape index (κ1) is 20.9. The lowest BCUT2D eigenvalue weighted by Crippen LogP contribution is -2.40. The monoisotopic (exact) mass is 447 g/mol. The Morgan fingerprint density at radius 3 is 2.45 bits per heavy atom. The normalized spacial score (nSPS) is 14.7. The summed E-state index contributed by atoms with van der Waals surface area (Å²) in [4.78, 5) is 28.7. The lowest BCUT2D eigenvalue weighted by atomic mass is 10.0. The van der Waals surface area contributed by atoms with E-state index in [-0.39, 0.29) is 29.7 Å². The van der Waals surface area contributed by atoms with Crippen LogP contribution in [-0.4, -0.2) is 53.9 Å². The van der Waals surface area contributed by atoms with Gasteiger partial charge in [-0.25, -0.2) is 9.07 Å². The molecule has 2 aromatic heterocycles. The van der Waals surface area contributed by atoms with E-state index in [2.05, 4.69) is 20.5 Å². The lowest BCUT2D eigenvalue weighted by Gasteiger charge is -2.31. The third kappa shape index (κ3) is 4.11. The second-order valence-electron chi connectivity index (χ2n) is 8.15. The molecule has 4 aromatic rings. The number of nitrogens with zero attached hydrogens (tertiary/aromatic N) is 7. The first-order chi connectivity index (χ1) is 16.0. The van der Waals surface area contributed by atoms with Crippen molar-refractivity contribution in [1.29, 1.82) is 0 Å². The van der Waals surface area contributed by atoms with Crippen molar-refractivity contribution < 1.29 is 9.18 Å². The van der Waals surface area contributed by atoms with Gasteiger partial charge in [-0.3, -0.25) is 9.59 Å². The molecule has 1 aliphatic rings. The molecular weight excluding hydrogens is 425 g/mol. The van der Waals surface area contributed by atoms with Crippen LogP contribution < -0.4 is 5.56 Å². The van der Waals surface area contributed by atoms with E-state index < -0.39 is 0 Å². The lowest BCUT2D eigenvalue weighted by molar-refractivity contribution is -0.131. The number of tetrazole rings is 1. The summed E-state index contributed by atoms with van der Waals surface area (Å²) in [6.45, 7) is 1.14. The minimum Gasteiger partial charge on any atom is -0.342 e. The molecule has 1 fully saturated rings. The Balaban J connectivity index is 1.25. The second kappa shape index (κ2) is 8.53. The number of rotatable bonds is 4. The van der Waals surface area contributed by atoms with E-state index in [1.165, 1.54) is 16.8 Å². The second-order valence-corrected chi connectivity index (χ2v) is 8.15. The summed E-state index contributed by atoms with van der Waals surface area (Å²) in [5.41, 5.74) is 1.12. The average molecular weight is 447 g/mol. The molecule has 0 radical (unpaired) electrons. The highest BCUT2D eigenvalue weighted by Crippen LogP contribution is 2.23. The summed E-state index contributed by atoms with van der Waals surface area (Å²) in [6, 6.07) is 13.2. The smallest absolute Gasteiger partial charge is 0.274 e. The Kier molecular flexibility index (Phi) is 5.41. The van der Waals surface area contributed by atoms with Gasteiger partial charge in [0.05, 0.1) is 23.5 Å². The van der Waals surface area contributed by atoms with Crippen LogP contribution in [0.25, 0.3) is 22.2 Å². The first-order valence-electron chi connectivity index (χ1n) is 10.8. The van der Waals surface area contributed by atoms with E-state index in [0.717, 1.165) is 0 Å². The summed E-state index contributed by atoms with van der Waals surface area (Å²) in [5.74, 6) is 0.105. The zero-order chi connectivity index (χ0) is 22.9. The van der Waals surface area contributed by atoms with Crippen LogP contribution in [0.2, 0.25) is 0 Å². The zero-order valence-corrected chi connectivity index (χ0v) is 18.1. The number of halogens is 1. The van der Waals surface area contributed by atoms with Crippen LogP contribution in [0, 0.1) is 5.82 Å². The number of fused-ring (bicyclic) bond motifs is 1. The number of carbonyl (C=O) groups is 1. The number of aryl methyl sites for hydroxylation is 1. The molecule has 10 heteroatoms. The Hall–Kier alpha value is -3.95. The van der Waals surface area contributed by atoms with Gasteiger partial charge >= 0.3 is 0 Å². The van der Waals surface area contributed by atoms with Gasteiger partial charge < -0.3 is 4.90 Å². The molecule has 0 spiro atoms. The van der Waals surface area contributed by atoms with Gasteiger partial charge in [-0.1, -0.05) is 18.2 Å². The molecule has 0 N–H and O–H groups in total. The maximum atomic E-state index is 13.1. The summed E-state index contributed by atoms with van der Waals surface area (Å²) >= 11 is 0. The summed E-state index contributed by atoms with van der Waals surface area (Å²) in [5, 5.41) is 18.3. The molecule has 0 unspecified atom stereocenters. The van der Waals surface area contributed by atoms with Crippen molar-refractivity contribution in [3.8, 4) is 11.4 Å². The largest absolute Gasteiger partial charge is 0.342 e. The van der Waals surface area contributed by atoms with E-state index in [4.69, 9.17) is 0 Å². The van der Waals surface area contributed by atoms with E-state index in [1.807, 2.05) is 17.0 Å². The molecule has 0 aliphatic carbocycles. The Morgan fingerprint density at radius 1 is 1.03 bits per heavy atom. The molecule has 0 saturated carbocycles. The molecule has 3 heterocycles. The van der Waals surface area contributed by atoms with E-state index >= 15 is 0 Å². The maximum Gasteiger partial charge on any atom is 0.274 e. The third-order valence-corrected chi connectivity index (χ3v) is 6.03. The highest BCUT2D eigenvalue weighted by atomic mass is 19.1. The molecule has 2 aromatic carbocycles. The fourth-order valence-electron chi connectivity index (χ4n) is 4.20. The molecule has 1 saturated heterocycles. The van der Waals surface area contributed by atoms with Crippen molar-refractivity contribution in [2.75, 3.05) is 13.1 Å². The topological polar surface area (TPSA) is 98.8 Å². The summed E-state index contributed by atoms with van der Waals surface area (Å²) in [6.07, 6.45) is 1.54. The summed E-state index contributed by atoms with van der Waals surface area (Å²) in [7, 11) is 1.60. The van der Waals surface area contributed by atoms with E-state index in [0.29, 0.717) is 53.8 Å². The number of amides is 1. The number of hydrogen-bond acceptors (Lipinski definition) is 6. The number of likely N-dealkylation sites (tertiary alicyclic amines) is 1. The molecule has 5 rings (SSSR count). The van der Waals surface area contributed by atoms with Crippen LogP contribution in [-0.2, 0) is 18.3 Å². The van der Waals surface area contributed by atoms with Gasteiger partial charge in [0.25, 0.3) is 5.56 Å². The molecule has 168 valence electrons. The summed E-state index contributed by atoms with van der Waals surface area (Å²) < 4.78 is 14.4. The standard InChI is InChI=1S/C23H22FN7O2/c1-29-23(33)19-5-3-2-4-18(19)20(26-29)14-21(32)30-12-10-17(11-13-30)31-27-22(25-28-31)15-6-8-16(24)9-7-15/h2-9,17H,10-14H2,1H3. The molecule has 33 heavy (non-hydrogen) atoms. The highest BCUT2D eigenvalue weighted by molar-refractivity contribution is 5.88. The van der Waals surface area contributed by atoms with Gasteiger partial charge in [0.2, 0.25) is 11.7 Å². The highest BCUT2D eigenvalue weighted by Gasteiger charge is 2.26. The first-order valence-corrected chi connectivity index (χ1v) is 10.8. The van der Waals surface area contributed by atoms with Crippen LogP contribution in [0.1, 0.15) is 24.6 Å². The van der Waals surface area contributed by atoms with E-state index in [9.17, 15) is 14.0 Å². The van der Waals surface area contributed by atoms with Crippen LogP contribution in [0.3, 0.4) is 0 Å². The molecule has 9 nitrogen and oxygen atoms in total. The number of carbonyl (C=O) groups excluding carboxylic acids is 1. The maximum absolute atomic E-state index is 13.1. The molecule has 1 aliphatic heterocycles. The molecular formula is C23H22FN7O2. The van der Waals surface area contributed by atoms with E-state index in [1.54, 1.807) is 36.1 Å². The third-order valence-electron chi connectivity index (χ3n) is 6.03. The molecule has 0 bridgehead atoms. The van der Waals surface area contributed by atoms with Crippen molar-refractivity contribution in [2.24, 2.45) is 7.05 Å². The van der Waals surface area contributed by atoms with Gasteiger partial charge in [-0.15, -0.1) is 10.2 Å². The van der Waals surface area contributed by atoms with Crippen LogP contribution in [0.15, 0.2) is 53.3 Å². The van der Waals surface area contributed by atoms with Crippen LogP contribution in [0.5, 0.6) is 0 Å². The minimum absolute atomic E-state index is 0.0247. The number of hydrogen-bond donors (Lipinski definition) is 0. The quantitative estimate of drug-likeness (QED) is 0.475. The Bertz CT molecular complexity index is 1370. The van der Waals surface area contributed by atoms with Gasteiger partial charge in [0.1, 0.15) is 5.82 Å². The predicted molar refractivity (Wildman–Crippen MR) is 119 cm³/mol. The minimum atomic E-state index is -0.316. The number of piperidine rings is 1. The molecule has 1 amide bonds. The van der Waals surface area contributed by atoms with Gasteiger partial charge in [0.15, 0.2) is 0 Å². The fraction of sp³-hybridized carbons (Fsp3) is 0.304. The number of aromatic nitrogens is 6. The van der Waals surface area contributed by atoms with Gasteiger partial charge in [0, 0.05) is 31.1 Å². The van der Waals surface area contributed by atoms with Gasteiger partial charge in [-0.2, -0.15) is 9.90 Å². The average Bonchev–Trinajstić information content (AvgIpc) is 3.33. The van der Waals surface area contributed by atoms with Crippen molar-refractivity contribution in [2.45, 2.75) is 25.3 Å². The van der Waals surface area contributed by atoms with Crippen molar-refractivity contribution in [1.82, 2.24) is 34.9 Å². The Morgan fingerprint density at radius 2 is 1.73 bits per heavy atom. The Labute approximate surface area is 188 Å². The van der Waals surface area contributed by atoms with Gasteiger partial charge in [-0.05, 0) is 48.4 Å². The van der Waals surface area contributed by atoms with Crippen LogP contribution in [0.4, 0.5) is 4.39 Å². The SMILES string of the molecule is Cn1nc(CC(=O)N2CCC(n3nnc(-c4ccc(F)cc4)n3)CC2)c2ccccc2c1=O. The van der Waals surface area contributed by atoms with Crippen molar-refractivity contribution in [3.05, 3.63) is 70.4 Å². The van der Waals surface area contributed by atoms with Crippen molar-refractivity contribution in [3.63, 3.8) is 0 Å². The predicted octanol–water partition coefficient (Wildman–Crippen LogP) is 2.13. The zero-order valence-electron chi connectivity index (χ0n) is 18.1.